The minimum absolute atomic E-state index is 0.156. The first kappa shape index (κ1) is 19.8. The van der Waals surface area contributed by atoms with E-state index in [2.05, 4.69) is 0 Å². The molecule has 3 N–H and O–H groups in total. The first-order chi connectivity index (χ1) is 13.1. The number of phenolic OH excluding ortho intramolecular Hbond substituents is 3. The molecule has 0 aliphatic rings. The van der Waals surface area contributed by atoms with Crippen molar-refractivity contribution in [3.63, 3.8) is 0 Å². The van der Waals surface area contributed by atoms with E-state index in [4.69, 9.17) is 0 Å². The zero-order chi connectivity index (χ0) is 20.7. The van der Waals surface area contributed by atoms with Gasteiger partial charge in [0, 0.05) is 22.6 Å². The van der Waals surface area contributed by atoms with Crippen molar-refractivity contribution in [3.05, 3.63) is 86.5 Å². The van der Waals surface area contributed by atoms with Crippen LogP contribution < -0.4 is 0 Å². The van der Waals surface area contributed by atoms with Crippen molar-refractivity contribution in [2.75, 3.05) is 0 Å². The topological polar surface area (TPSA) is 60.7 Å². The van der Waals surface area contributed by atoms with Gasteiger partial charge in [-0.3, -0.25) is 0 Å². The molecular weight excluding hydrogens is 348 g/mol. The maximum Gasteiger partial charge on any atom is 0.120 e. The van der Waals surface area contributed by atoms with E-state index < -0.39 is 5.92 Å². The molecular formula is C25H28O3. The highest BCUT2D eigenvalue weighted by atomic mass is 16.3. The van der Waals surface area contributed by atoms with Crippen molar-refractivity contribution < 1.29 is 15.3 Å². The molecule has 0 bridgehead atoms. The SMILES string of the molecule is Cc1cc(O)c(C(c2cc(C)c(C)cc2O)c2cc(C)c(C)cc2O)cc1C. The highest BCUT2D eigenvalue weighted by molar-refractivity contribution is 5.59. The third kappa shape index (κ3) is 3.45. The Hall–Kier alpha value is -2.94. The van der Waals surface area contributed by atoms with E-state index in [1.165, 1.54) is 0 Å². The van der Waals surface area contributed by atoms with Crippen LogP contribution in [0.2, 0.25) is 0 Å². The van der Waals surface area contributed by atoms with E-state index in [-0.39, 0.29) is 17.2 Å². The van der Waals surface area contributed by atoms with Crippen LogP contribution in [0, 0.1) is 41.5 Å². The summed E-state index contributed by atoms with van der Waals surface area (Å²) in [5.41, 5.74) is 8.12. The zero-order valence-corrected chi connectivity index (χ0v) is 17.4. The van der Waals surface area contributed by atoms with E-state index in [9.17, 15) is 15.3 Å². The molecule has 28 heavy (non-hydrogen) atoms. The van der Waals surface area contributed by atoms with E-state index >= 15 is 0 Å². The molecule has 3 heteroatoms. The second-order valence-electron chi connectivity index (χ2n) is 7.92. The monoisotopic (exact) mass is 376 g/mol. The van der Waals surface area contributed by atoms with E-state index in [0.717, 1.165) is 33.4 Å². The minimum atomic E-state index is -0.488. The Morgan fingerprint density at radius 2 is 0.643 bits per heavy atom. The third-order valence-corrected chi connectivity index (χ3v) is 5.86. The third-order valence-electron chi connectivity index (χ3n) is 5.86. The highest BCUT2D eigenvalue weighted by Gasteiger charge is 2.27. The molecule has 0 saturated carbocycles. The first-order valence-electron chi connectivity index (χ1n) is 9.50. The average molecular weight is 376 g/mol. The molecule has 0 amide bonds. The van der Waals surface area contributed by atoms with Crippen LogP contribution in [0.3, 0.4) is 0 Å². The van der Waals surface area contributed by atoms with Gasteiger partial charge in [0.1, 0.15) is 17.2 Å². The van der Waals surface area contributed by atoms with Gasteiger partial charge in [0.25, 0.3) is 0 Å². The Kier molecular flexibility index (Phi) is 5.12. The van der Waals surface area contributed by atoms with E-state index in [1.54, 1.807) is 18.2 Å². The van der Waals surface area contributed by atoms with Crippen LogP contribution in [-0.2, 0) is 0 Å². The summed E-state index contributed by atoms with van der Waals surface area (Å²) in [5, 5.41) is 32.3. The number of phenols is 3. The molecule has 0 atom stereocenters. The van der Waals surface area contributed by atoms with Crippen molar-refractivity contribution in [2.45, 2.75) is 47.5 Å². The normalized spacial score (nSPS) is 11.2. The van der Waals surface area contributed by atoms with Crippen molar-refractivity contribution in [1.82, 2.24) is 0 Å². The quantitative estimate of drug-likeness (QED) is 0.504. The summed E-state index contributed by atoms with van der Waals surface area (Å²) in [6, 6.07) is 11.1. The molecule has 3 rings (SSSR count). The van der Waals surface area contributed by atoms with Crippen molar-refractivity contribution >= 4 is 0 Å². The summed E-state index contributed by atoms with van der Waals surface area (Å²) in [7, 11) is 0. The summed E-state index contributed by atoms with van der Waals surface area (Å²) < 4.78 is 0. The van der Waals surface area contributed by atoms with Crippen LogP contribution in [0.15, 0.2) is 36.4 Å². The summed E-state index contributed by atoms with van der Waals surface area (Å²) in [5.74, 6) is -0.0204. The maximum absolute atomic E-state index is 10.8. The molecule has 0 fully saturated rings. The number of benzene rings is 3. The fourth-order valence-corrected chi connectivity index (χ4v) is 3.67. The zero-order valence-electron chi connectivity index (χ0n) is 17.4. The molecule has 0 unspecified atom stereocenters. The van der Waals surface area contributed by atoms with Crippen LogP contribution in [0.1, 0.15) is 56.0 Å². The lowest BCUT2D eigenvalue weighted by Gasteiger charge is -2.24. The van der Waals surface area contributed by atoms with Crippen LogP contribution in [0.25, 0.3) is 0 Å². The van der Waals surface area contributed by atoms with Crippen LogP contribution in [-0.4, -0.2) is 15.3 Å². The Bertz CT molecular complexity index is 927. The average Bonchev–Trinajstić information content (AvgIpc) is 2.61. The van der Waals surface area contributed by atoms with E-state index in [0.29, 0.717) is 16.7 Å². The molecule has 0 saturated heterocycles. The van der Waals surface area contributed by atoms with Gasteiger partial charge in [-0.15, -0.1) is 0 Å². The molecule has 0 aliphatic carbocycles. The summed E-state index contributed by atoms with van der Waals surface area (Å²) in [6.07, 6.45) is 0. The number of aromatic hydroxyl groups is 3. The molecule has 0 aromatic heterocycles. The lowest BCUT2D eigenvalue weighted by molar-refractivity contribution is 0.450. The Balaban J connectivity index is 2.38. The van der Waals surface area contributed by atoms with Crippen LogP contribution in [0.5, 0.6) is 17.2 Å². The first-order valence-corrected chi connectivity index (χ1v) is 9.50. The van der Waals surface area contributed by atoms with Crippen LogP contribution >= 0.6 is 0 Å². The molecule has 3 aromatic rings. The molecule has 3 aromatic carbocycles. The molecule has 0 spiro atoms. The molecule has 0 aliphatic heterocycles. The van der Waals surface area contributed by atoms with Gasteiger partial charge in [0.05, 0.1) is 0 Å². The van der Waals surface area contributed by atoms with Crippen LogP contribution in [0.4, 0.5) is 0 Å². The van der Waals surface area contributed by atoms with Crippen molar-refractivity contribution in [1.29, 1.82) is 0 Å². The largest absolute Gasteiger partial charge is 0.508 e. The summed E-state index contributed by atoms with van der Waals surface area (Å²) in [6.45, 7) is 11.8. The molecule has 146 valence electrons. The van der Waals surface area contributed by atoms with Gasteiger partial charge in [-0.1, -0.05) is 18.2 Å². The van der Waals surface area contributed by atoms with Gasteiger partial charge in [-0.05, 0) is 93.1 Å². The number of hydrogen-bond donors (Lipinski definition) is 3. The predicted molar refractivity (Wildman–Crippen MR) is 114 cm³/mol. The van der Waals surface area contributed by atoms with E-state index in [1.807, 2.05) is 59.7 Å². The lowest BCUT2D eigenvalue weighted by Crippen LogP contribution is -2.07. The van der Waals surface area contributed by atoms with Gasteiger partial charge >= 0.3 is 0 Å². The Morgan fingerprint density at radius 1 is 0.429 bits per heavy atom. The number of rotatable bonds is 3. The fraction of sp³-hybridized carbons (Fsp3) is 0.280. The molecule has 0 radical (unpaired) electrons. The Labute approximate surface area is 166 Å². The van der Waals surface area contributed by atoms with Gasteiger partial charge in [0.15, 0.2) is 0 Å². The maximum atomic E-state index is 10.8. The Morgan fingerprint density at radius 3 is 0.893 bits per heavy atom. The second-order valence-corrected chi connectivity index (χ2v) is 7.92. The standard InChI is InChI=1S/C25H28O3/c1-13-7-19(22(26)10-16(13)4)25(20-8-14(2)17(5)11-23(20)27)21-9-15(3)18(6)12-24(21)28/h7-12,25-28H,1-6H3. The van der Waals surface area contributed by atoms with Gasteiger partial charge < -0.3 is 15.3 Å². The minimum Gasteiger partial charge on any atom is -0.508 e. The lowest BCUT2D eigenvalue weighted by atomic mass is 9.80. The smallest absolute Gasteiger partial charge is 0.120 e. The highest BCUT2D eigenvalue weighted by Crippen LogP contribution is 2.45. The number of aryl methyl sites for hydroxylation is 6. The van der Waals surface area contributed by atoms with Crippen molar-refractivity contribution in [3.8, 4) is 17.2 Å². The van der Waals surface area contributed by atoms with Gasteiger partial charge in [-0.2, -0.15) is 0 Å². The number of hydrogen-bond acceptors (Lipinski definition) is 3. The van der Waals surface area contributed by atoms with Crippen molar-refractivity contribution in [2.24, 2.45) is 0 Å². The van der Waals surface area contributed by atoms with Gasteiger partial charge in [0.2, 0.25) is 0 Å². The summed E-state index contributed by atoms with van der Waals surface area (Å²) in [4.78, 5) is 0. The molecule has 0 heterocycles. The fourth-order valence-electron chi connectivity index (χ4n) is 3.67. The molecule has 3 nitrogen and oxygen atoms in total. The second kappa shape index (κ2) is 7.23. The summed E-state index contributed by atoms with van der Waals surface area (Å²) >= 11 is 0. The van der Waals surface area contributed by atoms with Gasteiger partial charge in [-0.25, -0.2) is 0 Å². The predicted octanol–water partition coefficient (Wildman–Crippen LogP) is 5.83.